The average molecular weight is 484 g/mol. The molecule has 0 bridgehead atoms. The molecule has 3 aromatic heterocycles. The van der Waals surface area contributed by atoms with E-state index in [1.54, 1.807) is 22.2 Å². The summed E-state index contributed by atoms with van der Waals surface area (Å²) in [7, 11) is 2.75. The molecule has 0 aliphatic rings. The molecule has 176 valence electrons. The Morgan fingerprint density at radius 2 is 2.03 bits per heavy atom. The van der Waals surface area contributed by atoms with E-state index >= 15 is 0 Å². The molecule has 0 fully saturated rings. The van der Waals surface area contributed by atoms with Crippen LogP contribution >= 0.6 is 11.3 Å². The van der Waals surface area contributed by atoms with Crippen LogP contribution in [0.3, 0.4) is 0 Å². The summed E-state index contributed by atoms with van der Waals surface area (Å²) in [6.07, 6.45) is 3.11. The first-order chi connectivity index (χ1) is 16.5. The van der Waals surface area contributed by atoms with E-state index in [2.05, 4.69) is 25.7 Å². The van der Waals surface area contributed by atoms with Crippen LogP contribution < -0.4 is 20.1 Å². The van der Waals surface area contributed by atoms with E-state index in [1.807, 2.05) is 17.5 Å². The lowest BCUT2D eigenvalue weighted by atomic mass is 10.1. The van der Waals surface area contributed by atoms with E-state index in [1.165, 1.54) is 31.5 Å². The molecule has 2 N–H and O–H groups in total. The maximum atomic E-state index is 12.7. The van der Waals surface area contributed by atoms with Crippen LogP contribution in [0, 0.1) is 10.1 Å². The van der Waals surface area contributed by atoms with Gasteiger partial charge in [0.2, 0.25) is 0 Å². The standard InChI is InChI=1S/C21H21N7O5S/c1-32-17-8-14(16(28(30)31)9-18(17)33-2)21(29)22-5-6-27-20-15(11-26-27)19(24-12-25-20)23-10-13-4-3-7-34-13/h3-4,7-9,11-12H,5-6,10H2,1-2H3,(H,22,29)(H,23,24,25). The number of carbonyl (C=O) groups is 1. The molecule has 0 aliphatic carbocycles. The third-order valence-corrected chi connectivity index (χ3v) is 5.87. The number of amides is 1. The third-order valence-electron chi connectivity index (χ3n) is 5.00. The van der Waals surface area contributed by atoms with Crippen LogP contribution in [0.5, 0.6) is 11.5 Å². The van der Waals surface area contributed by atoms with Crippen molar-refractivity contribution in [3.05, 3.63) is 62.7 Å². The Kier molecular flexibility index (Phi) is 6.82. The van der Waals surface area contributed by atoms with E-state index in [9.17, 15) is 14.9 Å². The minimum atomic E-state index is -0.639. The first kappa shape index (κ1) is 22.9. The summed E-state index contributed by atoms with van der Waals surface area (Å²) in [5.74, 6) is 0.430. The number of nitrogens with zero attached hydrogens (tertiary/aromatic N) is 5. The van der Waals surface area contributed by atoms with Crippen LogP contribution in [0.4, 0.5) is 11.5 Å². The molecule has 0 saturated carbocycles. The van der Waals surface area contributed by atoms with E-state index in [0.29, 0.717) is 24.6 Å². The van der Waals surface area contributed by atoms with Gasteiger partial charge in [-0.15, -0.1) is 11.3 Å². The van der Waals surface area contributed by atoms with Crippen molar-refractivity contribution in [1.29, 1.82) is 0 Å². The first-order valence-corrected chi connectivity index (χ1v) is 11.0. The maximum absolute atomic E-state index is 12.7. The van der Waals surface area contributed by atoms with E-state index < -0.39 is 10.8 Å². The van der Waals surface area contributed by atoms with Crippen LogP contribution in [-0.2, 0) is 13.1 Å². The van der Waals surface area contributed by atoms with Crippen molar-refractivity contribution in [2.24, 2.45) is 0 Å². The maximum Gasteiger partial charge on any atom is 0.286 e. The van der Waals surface area contributed by atoms with Crippen molar-refractivity contribution in [3.63, 3.8) is 0 Å². The lowest BCUT2D eigenvalue weighted by molar-refractivity contribution is -0.385. The fourth-order valence-corrected chi connectivity index (χ4v) is 4.00. The molecule has 1 aromatic carbocycles. The number of nitro benzene ring substituents is 1. The predicted octanol–water partition coefficient (Wildman–Crippen LogP) is 2.86. The van der Waals surface area contributed by atoms with Gasteiger partial charge in [-0.05, 0) is 11.4 Å². The summed E-state index contributed by atoms with van der Waals surface area (Å²) in [5, 5.41) is 24.5. The van der Waals surface area contributed by atoms with Crippen molar-refractivity contribution >= 4 is 39.8 Å². The molecule has 0 aliphatic heterocycles. The van der Waals surface area contributed by atoms with Gasteiger partial charge in [-0.1, -0.05) is 6.07 Å². The Labute approximate surface area is 197 Å². The molecule has 3 heterocycles. The van der Waals surface area contributed by atoms with Gasteiger partial charge in [0.15, 0.2) is 17.1 Å². The summed E-state index contributed by atoms with van der Waals surface area (Å²) in [6.45, 7) is 1.11. The number of aromatic nitrogens is 4. The Morgan fingerprint density at radius 3 is 2.74 bits per heavy atom. The quantitative estimate of drug-likeness (QED) is 0.257. The zero-order chi connectivity index (χ0) is 24.1. The van der Waals surface area contributed by atoms with E-state index in [-0.39, 0.29) is 29.3 Å². The number of rotatable bonds is 10. The Hall–Kier alpha value is -4.26. The summed E-state index contributed by atoms with van der Waals surface area (Å²) in [4.78, 5) is 33.3. The van der Waals surface area contributed by atoms with Crippen molar-refractivity contribution in [2.75, 3.05) is 26.1 Å². The van der Waals surface area contributed by atoms with Gasteiger partial charge >= 0.3 is 0 Å². The van der Waals surface area contributed by atoms with Crippen molar-refractivity contribution < 1.29 is 19.2 Å². The summed E-state index contributed by atoms with van der Waals surface area (Å²) >= 11 is 1.65. The number of nitrogens with one attached hydrogen (secondary N) is 2. The van der Waals surface area contributed by atoms with Gasteiger partial charge in [-0.2, -0.15) is 5.10 Å². The minimum absolute atomic E-state index is 0.129. The lowest BCUT2D eigenvalue weighted by Gasteiger charge is -2.11. The number of thiophene rings is 1. The number of anilines is 1. The van der Waals surface area contributed by atoms with E-state index in [4.69, 9.17) is 9.47 Å². The van der Waals surface area contributed by atoms with Gasteiger partial charge in [0.25, 0.3) is 11.6 Å². The molecule has 0 saturated heterocycles. The molecule has 0 unspecified atom stereocenters. The molecule has 0 spiro atoms. The molecule has 12 nitrogen and oxygen atoms in total. The topological polar surface area (TPSA) is 146 Å². The van der Waals surface area contributed by atoms with Crippen LogP contribution in [0.2, 0.25) is 0 Å². The second-order valence-corrected chi connectivity index (χ2v) is 8.03. The number of ether oxygens (including phenoxy) is 2. The first-order valence-electron chi connectivity index (χ1n) is 10.1. The highest BCUT2D eigenvalue weighted by Gasteiger charge is 2.24. The highest BCUT2D eigenvalue weighted by Crippen LogP contribution is 2.34. The molecular weight excluding hydrogens is 462 g/mol. The number of methoxy groups -OCH3 is 2. The molecule has 0 atom stereocenters. The fourth-order valence-electron chi connectivity index (χ4n) is 3.35. The molecule has 34 heavy (non-hydrogen) atoms. The highest BCUT2D eigenvalue weighted by molar-refractivity contribution is 7.09. The summed E-state index contributed by atoms with van der Waals surface area (Å²) in [6, 6.07) is 6.47. The molecule has 1 amide bonds. The monoisotopic (exact) mass is 483 g/mol. The van der Waals surface area contributed by atoms with Gasteiger partial charge in [0, 0.05) is 17.5 Å². The second-order valence-electron chi connectivity index (χ2n) is 7.00. The summed E-state index contributed by atoms with van der Waals surface area (Å²) in [5.41, 5.74) is 0.0966. The molecule has 0 radical (unpaired) electrons. The molecule has 4 rings (SSSR count). The number of carbonyl (C=O) groups excluding carboxylic acids is 1. The van der Waals surface area contributed by atoms with Crippen molar-refractivity contribution in [3.8, 4) is 11.5 Å². The minimum Gasteiger partial charge on any atom is -0.493 e. The van der Waals surface area contributed by atoms with Gasteiger partial charge in [-0.3, -0.25) is 14.9 Å². The Balaban J connectivity index is 1.45. The van der Waals surface area contributed by atoms with Crippen LogP contribution in [-0.4, -0.2) is 51.3 Å². The number of fused-ring (bicyclic) bond motifs is 1. The number of nitro groups is 1. The molecule has 13 heteroatoms. The fraction of sp³-hybridized carbons (Fsp3) is 0.238. The van der Waals surface area contributed by atoms with Crippen molar-refractivity contribution in [1.82, 2.24) is 25.1 Å². The predicted molar refractivity (Wildman–Crippen MR) is 126 cm³/mol. The van der Waals surface area contributed by atoms with Crippen LogP contribution in [0.15, 0.2) is 42.2 Å². The second kappa shape index (κ2) is 10.1. The summed E-state index contributed by atoms with van der Waals surface area (Å²) < 4.78 is 11.9. The smallest absolute Gasteiger partial charge is 0.286 e. The number of benzene rings is 1. The van der Waals surface area contributed by atoms with Gasteiger partial charge in [0.05, 0.1) is 49.9 Å². The van der Waals surface area contributed by atoms with Gasteiger partial charge < -0.3 is 20.1 Å². The van der Waals surface area contributed by atoms with Gasteiger partial charge in [0.1, 0.15) is 17.7 Å². The van der Waals surface area contributed by atoms with Crippen LogP contribution in [0.25, 0.3) is 11.0 Å². The van der Waals surface area contributed by atoms with Gasteiger partial charge in [-0.25, -0.2) is 14.6 Å². The zero-order valence-corrected chi connectivity index (χ0v) is 19.2. The molecule has 4 aromatic rings. The highest BCUT2D eigenvalue weighted by atomic mass is 32.1. The van der Waals surface area contributed by atoms with Crippen LogP contribution in [0.1, 0.15) is 15.2 Å². The van der Waals surface area contributed by atoms with E-state index in [0.717, 1.165) is 11.5 Å². The average Bonchev–Trinajstić information content (AvgIpc) is 3.52. The Bertz CT molecular complexity index is 1320. The normalized spacial score (nSPS) is 10.8. The SMILES string of the molecule is COc1cc(C(=O)NCCn2ncc3c(NCc4cccs4)ncnc32)c([N+](=O)[O-])cc1OC. The van der Waals surface area contributed by atoms with Crippen molar-refractivity contribution in [2.45, 2.75) is 13.1 Å². The number of hydrogen-bond acceptors (Lipinski definition) is 10. The third kappa shape index (κ3) is 4.73. The largest absolute Gasteiger partial charge is 0.493 e. The Morgan fingerprint density at radius 1 is 1.24 bits per heavy atom. The zero-order valence-electron chi connectivity index (χ0n) is 18.3. The molecular formula is C21H21N7O5S. The lowest BCUT2D eigenvalue weighted by Crippen LogP contribution is -2.28. The number of hydrogen-bond donors (Lipinski definition) is 2.